The lowest BCUT2D eigenvalue weighted by molar-refractivity contribution is -0.0889. The topological polar surface area (TPSA) is 55.9 Å². The molecule has 6 nitrogen and oxygen atoms in total. The highest BCUT2D eigenvalue weighted by atomic mass is 19.3. The van der Waals surface area contributed by atoms with E-state index in [2.05, 4.69) is 5.32 Å². The number of nitrogens with one attached hydrogen (secondary N) is 1. The second-order valence-corrected chi connectivity index (χ2v) is 7.75. The lowest BCUT2D eigenvalue weighted by Gasteiger charge is -2.21. The molecule has 1 saturated heterocycles. The van der Waals surface area contributed by atoms with E-state index < -0.39 is 18.6 Å². The first-order valence-corrected chi connectivity index (χ1v) is 11.5. The molecule has 0 bridgehead atoms. The van der Waals surface area contributed by atoms with E-state index in [0.29, 0.717) is 29.3 Å². The summed E-state index contributed by atoms with van der Waals surface area (Å²) in [7, 11) is 4.78. The molecule has 1 aliphatic rings. The quantitative estimate of drug-likeness (QED) is 0.449. The summed E-state index contributed by atoms with van der Waals surface area (Å²) >= 11 is 0. The van der Waals surface area contributed by atoms with E-state index in [9.17, 15) is 8.78 Å². The standard InChI is InChI=1S/C24H27F2N3O3.C2H6.H2/c1-27-10-11-32-17-6-4-16(5-7-17)20-13-22(29-14-23(31-3)24(25,26)15-29)19-9-8-18(30-2)12-21(19)28-20;1-2;/h4-9,12-13,23,27H,10-11,14-15H2,1-3H3;1-2H3;1H/t23-;;/m1../s1. The summed E-state index contributed by atoms with van der Waals surface area (Å²) in [5, 5.41) is 3.82. The number of ether oxygens (including phenoxy) is 3. The predicted octanol–water partition coefficient (Wildman–Crippen LogP) is 5.25. The van der Waals surface area contributed by atoms with Crippen molar-refractivity contribution in [2.24, 2.45) is 0 Å². The van der Waals surface area contributed by atoms with Gasteiger partial charge in [0.25, 0.3) is 5.92 Å². The SMILES string of the molecule is CC.CNCCOc1ccc(-c2cc(N3C[C@@H](OC)C(F)(F)C3)c3ccc(OC)cc3n2)cc1.[HH]. The maximum atomic E-state index is 14.4. The van der Waals surface area contributed by atoms with Crippen LogP contribution in [-0.4, -0.2) is 64.5 Å². The van der Waals surface area contributed by atoms with Crippen molar-refractivity contribution < 1.29 is 24.4 Å². The molecule has 1 aromatic heterocycles. The lowest BCUT2D eigenvalue weighted by atomic mass is 10.1. The summed E-state index contributed by atoms with van der Waals surface area (Å²) in [6.07, 6.45) is -1.15. The van der Waals surface area contributed by atoms with E-state index in [-0.39, 0.29) is 7.97 Å². The fraction of sp³-hybridized carbons (Fsp3) is 0.423. The third-order valence-corrected chi connectivity index (χ3v) is 5.65. The molecular weight excluding hydrogens is 440 g/mol. The maximum Gasteiger partial charge on any atom is 0.292 e. The average molecular weight is 476 g/mol. The van der Waals surface area contributed by atoms with Crippen LogP contribution in [0.3, 0.4) is 0 Å². The Morgan fingerprint density at radius 3 is 2.41 bits per heavy atom. The fourth-order valence-electron chi connectivity index (χ4n) is 3.90. The molecule has 0 aliphatic carbocycles. The predicted molar refractivity (Wildman–Crippen MR) is 135 cm³/mol. The molecule has 0 spiro atoms. The van der Waals surface area contributed by atoms with E-state index in [4.69, 9.17) is 19.2 Å². The molecule has 1 aliphatic heterocycles. The molecule has 186 valence electrons. The van der Waals surface area contributed by atoms with Crippen LogP contribution in [-0.2, 0) is 4.74 Å². The van der Waals surface area contributed by atoms with Crippen molar-refractivity contribution in [2.45, 2.75) is 25.9 Å². The van der Waals surface area contributed by atoms with Gasteiger partial charge < -0.3 is 24.4 Å². The Morgan fingerprint density at radius 2 is 1.79 bits per heavy atom. The molecule has 8 heteroatoms. The van der Waals surface area contributed by atoms with E-state index >= 15 is 0 Å². The zero-order chi connectivity index (χ0) is 24.7. The molecule has 0 amide bonds. The van der Waals surface area contributed by atoms with Gasteiger partial charge in [-0.15, -0.1) is 0 Å². The zero-order valence-electron chi connectivity index (χ0n) is 20.4. The van der Waals surface area contributed by atoms with Crippen LogP contribution >= 0.6 is 0 Å². The molecule has 1 N–H and O–H groups in total. The van der Waals surface area contributed by atoms with E-state index in [1.807, 2.05) is 69.4 Å². The molecule has 0 radical (unpaired) electrons. The summed E-state index contributed by atoms with van der Waals surface area (Å²) in [6, 6.07) is 15.0. The summed E-state index contributed by atoms with van der Waals surface area (Å²) in [5.41, 5.74) is 2.93. The first-order chi connectivity index (χ1) is 16.4. The van der Waals surface area contributed by atoms with Crippen LogP contribution in [0.5, 0.6) is 11.5 Å². The van der Waals surface area contributed by atoms with Gasteiger partial charge >= 0.3 is 0 Å². The zero-order valence-corrected chi connectivity index (χ0v) is 20.4. The van der Waals surface area contributed by atoms with E-state index in [1.165, 1.54) is 7.11 Å². The van der Waals surface area contributed by atoms with E-state index in [0.717, 1.165) is 23.2 Å². The summed E-state index contributed by atoms with van der Waals surface area (Å²) in [4.78, 5) is 6.46. The van der Waals surface area contributed by atoms with E-state index in [1.54, 1.807) is 12.0 Å². The number of aromatic nitrogens is 1. The number of likely N-dealkylation sites (N-methyl/N-ethyl adjacent to an activating group) is 1. The number of rotatable bonds is 8. The number of benzene rings is 2. The number of nitrogens with zero attached hydrogens (tertiary/aromatic N) is 2. The van der Waals surface area contributed by atoms with Crippen molar-refractivity contribution in [1.29, 1.82) is 0 Å². The van der Waals surface area contributed by atoms with Gasteiger partial charge in [-0.3, -0.25) is 0 Å². The first-order valence-electron chi connectivity index (χ1n) is 11.5. The number of anilines is 1. The van der Waals surface area contributed by atoms with Gasteiger partial charge in [-0.25, -0.2) is 13.8 Å². The summed E-state index contributed by atoms with van der Waals surface area (Å²) < 4.78 is 45.0. The van der Waals surface area contributed by atoms with Crippen LogP contribution in [0.25, 0.3) is 22.2 Å². The Kier molecular flexibility index (Phi) is 8.63. The third kappa shape index (κ3) is 5.56. The van der Waals surface area contributed by atoms with Gasteiger partial charge in [0.05, 0.1) is 31.4 Å². The van der Waals surface area contributed by atoms with Gasteiger partial charge in [-0.05, 0) is 49.5 Å². The van der Waals surface area contributed by atoms with Gasteiger partial charge in [0.15, 0.2) is 0 Å². The highest BCUT2D eigenvalue weighted by molar-refractivity contribution is 5.95. The van der Waals surface area contributed by atoms with Gasteiger partial charge in [-0.1, -0.05) is 13.8 Å². The molecule has 3 aromatic rings. The van der Waals surface area contributed by atoms with Crippen LogP contribution in [0.2, 0.25) is 0 Å². The molecule has 2 heterocycles. The Balaban J connectivity index is 0.00000140. The van der Waals surface area contributed by atoms with Crippen molar-refractivity contribution in [3.8, 4) is 22.8 Å². The third-order valence-electron chi connectivity index (χ3n) is 5.65. The second kappa shape index (κ2) is 11.4. The monoisotopic (exact) mass is 475 g/mol. The number of fused-ring (bicyclic) bond motifs is 1. The molecule has 1 fully saturated rings. The van der Waals surface area contributed by atoms with Crippen molar-refractivity contribution in [3.05, 3.63) is 48.5 Å². The van der Waals surface area contributed by atoms with Crippen molar-refractivity contribution in [3.63, 3.8) is 0 Å². The van der Waals surface area contributed by atoms with Crippen LogP contribution in [0.15, 0.2) is 48.5 Å². The number of hydrogen-bond donors (Lipinski definition) is 1. The van der Waals surface area contributed by atoms with Crippen LogP contribution in [0.4, 0.5) is 14.5 Å². The minimum atomic E-state index is -2.93. The van der Waals surface area contributed by atoms with Crippen molar-refractivity contribution in [2.75, 3.05) is 52.4 Å². The average Bonchev–Trinajstić information content (AvgIpc) is 3.18. The number of halogens is 2. The normalized spacial score (nSPS) is 16.8. The Bertz CT molecular complexity index is 1080. The van der Waals surface area contributed by atoms with Gasteiger partial charge in [0.1, 0.15) is 24.2 Å². The fourth-order valence-corrected chi connectivity index (χ4v) is 3.90. The van der Waals surface area contributed by atoms with Crippen molar-refractivity contribution >= 4 is 16.6 Å². The smallest absolute Gasteiger partial charge is 0.292 e. The highest BCUT2D eigenvalue weighted by Gasteiger charge is 2.49. The Hall–Kier alpha value is -2.97. The molecule has 34 heavy (non-hydrogen) atoms. The number of methoxy groups -OCH3 is 2. The molecular formula is C26H35F2N3O3. The molecule has 0 saturated carbocycles. The van der Waals surface area contributed by atoms with Crippen LogP contribution in [0, 0.1) is 0 Å². The molecule has 4 rings (SSSR count). The Labute approximate surface area is 201 Å². The summed E-state index contributed by atoms with van der Waals surface area (Å²) in [6.45, 7) is 5.01. The number of hydrogen-bond acceptors (Lipinski definition) is 6. The minimum Gasteiger partial charge on any atom is -0.497 e. The Morgan fingerprint density at radius 1 is 1.09 bits per heavy atom. The van der Waals surface area contributed by atoms with Crippen molar-refractivity contribution in [1.82, 2.24) is 10.3 Å². The number of alkyl halides is 2. The van der Waals surface area contributed by atoms with Gasteiger partial charge in [0, 0.05) is 37.8 Å². The van der Waals surface area contributed by atoms with Crippen LogP contribution in [0.1, 0.15) is 15.3 Å². The second-order valence-electron chi connectivity index (χ2n) is 7.75. The number of pyridine rings is 1. The minimum absolute atomic E-state index is 0. The molecule has 1 atom stereocenters. The maximum absolute atomic E-state index is 14.4. The highest BCUT2D eigenvalue weighted by Crippen LogP contribution is 2.38. The van der Waals surface area contributed by atoms with Gasteiger partial charge in [0.2, 0.25) is 0 Å². The summed E-state index contributed by atoms with van der Waals surface area (Å²) in [5.74, 6) is -1.51. The molecule has 0 unspecified atom stereocenters. The largest absolute Gasteiger partial charge is 0.497 e. The van der Waals surface area contributed by atoms with Crippen LogP contribution < -0.4 is 19.7 Å². The molecule has 2 aromatic carbocycles. The first kappa shape index (κ1) is 25.6. The lowest BCUT2D eigenvalue weighted by Crippen LogP contribution is -2.33. The van der Waals surface area contributed by atoms with Gasteiger partial charge in [-0.2, -0.15) is 0 Å².